The molecule has 0 aromatic heterocycles. The van der Waals surface area contributed by atoms with Crippen LogP contribution in [0.2, 0.25) is 0 Å². The van der Waals surface area contributed by atoms with Crippen molar-refractivity contribution in [1.82, 2.24) is 0 Å². The number of benzene rings is 3. The third kappa shape index (κ3) is 7.03. The molecule has 2 heteroatoms. The van der Waals surface area contributed by atoms with Gasteiger partial charge >= 0.3 is 0 Å². The van der Waals surface area contributed by atoms with Crippen LogP contribution < -0.4 is 0 Å². The number of allylic oxidation sites excluding steroid dienone is 1. The highest BCUT2D eigenvalue weighted by Crippen LogP contribution is 2.39. The van der Waals surface area contributed by atoms with E-state index in [-0.39, 0.29) is 5.92 Å². The molecule has 36 heavy (non-hydrogen) atoms. The van der Waals surface area contributed by atoms with E-state index < -0.39 is 11.7 Å². The van der Waals surface area contributed by atoms with Gasteiger partial charge in [-0.2, -0.15) is 0 Å². The highest BCUT2D eigenvalue weighted by molar-refractivity contribution is 5.71. The number of hydrogen-bond acceptors (Lipinski definition) is 0. The van der Waals surface area contributed by atoms with Crippen molar-refractivity contribution in [3.8, 4) is 0 Å². The van der Waals surface area contributed by atoms with Crippen LogP contribution in [-0.4, -0.2) is 0 Å². The number of rotatable bonds is 9. The molecule has 0 amide bonds. The lowest BCUT2D eigenvalue weighted by molar-refractivity contribution is 0.261. The van der Waals surface area contributed by atoms with Gasteiger partial charge in [0.25, 0.3) is 0 Å². The SMILES string of the molecule is CCCC1CCC(C(F)=C(F)c2ccc(C=Cc3ccc(C[C@@H](C)c4ccccc4)cc3)cc2)CC1. The highest BCUT2D eigenvalue weighted by atomic mass is 19.2. The zero-order valence-electron chi connectivity index (χ0n) is 21.6. The van der Waals surface area contributed by atoms with Crippen LogP contribution >= 0.6 is 0 Å². The van der Waals surface area contributed by atoms with Crippen molar-refractivity contribution < 1.29 is 8.78 Å². The first kappa shape index (κ1) is 26.1. The molecule has 0 spiro atoms. The first-order valence-electron chi connectivity index (χ1n) is 13.5. The minimum atomic E-state index is -0.690. The Balaban J connectivity index is 1.33. The molecule has 4 rings (SSSR count). The summed E-state index contributed by atoms with van der Waals surface area (Å²) in [5.74, 6) is -0.361. The first-order valence-corrected chi connectivity index (χ1v) is 13.5. The Bertz CT molecular complexity index is 1130. The fourth-order valence-electron chi connectivity index (χ4n) is 5.38. The van der Waals surface area contributed by atoms with E-state index in [9.17, 15) is 8.78 Å². The van der Waals surface area contributed by atoms with Gasteiger partial charge in [-0.3, -0.25) is 0 Å². The Morgan fingerprint density at radius 2 is 1.39 bits per heavy atom. The zero-order chi connectivity index (χ0) is 25.3. The van der Waals surface area contributed by atoms with Gasteiger partial charge in [0.1, 0.15) is 5.83 Å². The monoisotopic (exact) mass is 484 g/mol. The summed E-state index contributed by atoms with van der Waals surface area (Å²) in [5, 5.41) is 0. The van der Waals surface area contributed by atoms with Gasteiger partial charge in [0.05, 0.1) is 0 Å². The molecular weight excluding hydrogens is 446 g/mol. The van der Waals surface area contributed by atoms with E-state index in [1.54, 1.807) is 12.1 Å². The second-order valence-corrected chi connectivity index (χ2v) is 10.4. The van der Waals surface area contributed by atoms with Crippen LogP contribution in [0.25, 0.3) is 18.0 Å². The molecule has 1 saturated carbocycles. The molecule has 3 aromatic carbocycles. The molecule has 0 N–H and O–H groups in total. The normalized spacial score (nSPS) is 19.8. The molecule has 188 valence electrons. The average molecular weight is 485 g/mol. The molecule has 0 bridgehead atoms. The predicted molar refractivity (Wildman–Crippen MR) is 150 cm³/mol. The van der Waals surface area contributed by atoms with E-state index in [0.29, 0.717) is 17.4 Å². The van der Waals surface area contributed by atoms with Crippen molar-refractivity contribution in [2.45, 2.75) is 64.7 Å². The van der Waals surface area contributed by atoms with Gasteiger partial charge in [-0.15, -0.1) is 0 Å². The number of halogens is 2. The second-order valence-electron chi connectivity index (χ2n) is 10.4. The van der Waals surface area contributed by atoms with E-state index in [1.165, 1.54) is 24.0 Å². The summed E-state index contributed by atoms with van der Waals surface area (Å²) in [6, 6.07) is 26.3. The predicted octanol–water partition coefficient (Wildman–Crippen LogP) is 10.4. The van der Waals surface area contributed by atoms with E-state index in [4.69, 9.17) is 0 Å². The van der Waals surface area contributed by atoms with Crippen LogP contribution in [0.15, 0.2) is 84.7 Å². The van der Waals surface area contributed by atoms with Crippen LogP contribution in [-0.2, 0) is 6.42 Å². The van der Waals surface area contributed by atoms with Crippen LogP contribution in [0, 0.1) is 11.8 Å². The van der Waals surface area contributed by atoms with Crippen LogP contribution in [0.1, 0.15) is 86.1 Å². The lowest BCUT2D eigenvalue weighted by Gasteiger charge is -2.27. The summed E-state index contributed by atoms with van der Waals surface area (Å²) in [7, 11) is 0. The van der Waals surface area contributed by atoms with Gasteiger partial charge in [-0.05, 0) is 66.2 Å². The summed E-state index contributed by atoms with van der Waals surface area (Å²) in [6.07, 6.45) is 11.0. The third-order valence-corrected chi connectivity index (χ3v) is 7.63. The smallest absolute Gasteiger partial charge is 0.162 e. The molecule has 3 aromatic rings. The van der Waals surface area contributed by atoms with Crippen molar-refractivity contribution >= 4 is 18.0 Å². The van der Waals surface area contributed by atoms with Crippen LogP contribution in [0.5, 0.6) is 0 Å². The standard InChI is InChI=1S/C34H38F2/c1-3-7-26-16-20-31(21-17-26)33(35)34(36)32-22-18-28(19-23-32)11-10-27-12-14-29(15-13-27)24-25(2)30-8-5-4-6-9-30/h4-6,8-15,18-19,22-23,25-26,31H,3,7,16-17,20-21,24H2,1-2H3/t25-,26?,31?/m1/s1. The quantitative estimate of drug-likeness (QED) is 0.265. The Hall–Kier alpha value is -3.00. The van der Waals surface area contributed by atoms with Gasteiger partial charge in [0.15, 0.2) is 5.83 Å². The van der Waals surface area contributed by atoms with Crippen molar-refractivity contribution in [1.29, 1.82) is 0 Å². The van der Waals surface area contributed by atoms with Crippen molar-refractivity contribution in [3.63, 3.8) is 0 Å². The highest BCUT2D eigenvalue weighted by Gasteiger charge is 2.26. The maximum Gasteiger partial charge on any atom is 0.162 e. The minimum Gasteiger partial charge on any atom is -0.208 e. The van der Waals surface area contributed by atoms with Gasteiger partial charge in [0, 0.05) is 11.5 Å². The number of hydrogen-bond donors (Lipinski definition) is 0. The van der Waals surface area contributed by atoms with Gasteiger partial charge in [0.2, 0.25) is 0 Å². The largest absolute Gasteiger partial charge is 0.208 e. The van der Waals surface area contributed by atoms with Crippen LogP contribution in [0.4, 0.5) is 8.78 Å². The maximum absolute atomic E-state index is 14.9. The molecule has 0 unspecified atom stereocenters. The molecule has 1 atom stereocenters. The van der Waals surface area contributed by atoms with Gasteiger partial charge < -0.3 is 0 Å². The Morgan fingerprint density at radius 1 is 0.806 bits per heavy atom. The summed E-state index contributed by atoms with van der Waals surface area (Å²) < 4.78 is 29.7. The Labute approximate surface area is 215 Å². The molecule has 0 aliphatic heterocycles. The zero-order valence-corrected chi connectivity index (χ0v) is 21.6. The Morgan fingerprint density at radius 3 is 1.97 bits per heavy atom. The van der Waals surface area contributed by atoms with E-state index in [0.717, 1.165) is 43.2 Å². The van der Waals surface area contributed by atoms with Gasteiger partial charge in [-0.25, -0.2) is 8.78 Å². The summed E-state index contributed by atoms with van der Waals surface area (Å²) in [5.41, 5.74) is 5.09. The molecule has 0 nitrogen and oxygen atoms in total. The summed E-state index contributed by atoms with van der Waals surface area (Å²) >= 11 is 0. The van der Waals surface area contributed by atoms with E-state index in [2.05, 4.69) is 74.5 Å². The fraction of sp³-hybridized carbons (Fsp3) is 0.353. The fourth-order valence-corrected chi connectivity index (χ4v) is 5.38. The van der Waals surface area contributed by atoms with E-state index >= 15 is 0 Å². The lowest BCUT2D eigenvalue weighted by Crippen LogP contribution is -2.15. The Kier molecular flexibility index (Phi) is 9.28. The molecule has 0 heterocycles. The molecule has 1 aliphatic rings. The van der Waals surface area contributed by atoms with Crippen molar-refractivity contribution in [3.05, 3.63) is 113 Å². The van der Waals surface area contributed by atoms with Gasteiger partial charge in [-0.1, -0.05) is 118 Å². The van der Waals surface area contributed by atoms with E-state index in [1.807, 2.05) is 18.2 Å². The minimum absolute atomic E-state index is 0.267. The maximum atomic E-state index is 14.9. The first-order chi connectivity index (χ1) is 17.5. The topological polar surface area (TPSA) is 0 Å². The third-order valence-electron chi connectivity index (χ3n) is 7.63. The molecule has 1 aliphatic carbocycles. The lowest BCUT2D eigenvalue weighted by atomic mass is 9.79. The summed E-state index contributed by atoms with van der Waals surface area (Å²) in [4.78, 5) is 0. The second kappa shape index (κ2) is 12.8. The molecule has 0 saturated heterocycles. The average Bonchev–Trinajstić information content (AvgIpc) is 2.93. The van der Waals surface area contributed by atoms with Crippen LogP contribution in [0.3, 0.4) is 0 Å². The van der Waals surface area contributed by atoms with Crippen molar-refractivity contribution in [2.24, 2.45) is 11.8 Å². The molecular formula is C34H38F2. The van der Waals surface area contributed by atoms with Crippen molar-refractivity contribution in [2.75, 3.05) is 0 Å². The molecule has 0 radical (unpaired) electrons. The molecule has 1 fully saturated rings. The summed E-state index contributed by atoms with van der Waals surface area (Å²) in [6.45, 7) is 4.45.